The van der Waals surface area contributed by atoms with Crippen molar-refractivity contribution in [2.24, 2.45) is 0 Å². The molecule has 0 amide bonds. The summed E-state index contributed by atoms with van der Waals surface area (Å²) < 4.78 is 5.56. The van der Waals surface area contributed by atoms with E-state index in [9.17, 15) is 0 Å². The minimum atomic E-state index is 0.639. The summed E-state index contributed by atoms with van der Waals surface area (Å²) in [5.74, 6) is 0. The Morgan fingerprint density at radius 1 is 0.938 bits per heavy atom. The fourth-order valence-corrected chi connectivity index (χ4v) is 1.93. The SMILES string of the molecule is Cc1ccc(COSc2ccccc2)cc1. The molecule has 82 valence electrons. The zero-order chi connectivity index (χ0) is 11.2. The summed E-state index contributed by atoms with van der Waals surface area (Å²) in [5.41, 5.74) is 2.48. The summed E-state index contributed by atoms with van der Waals surface area (Å²) in [6.45, 7) is 2.73. The number of aryl methyl sites for hydroxylation is 1. The van der Waals surface area contributed by atoms with Gasteiger partial charge in [0.25, 0.3) is 0 Å². The molecule has 0 aromatic heterocycles. The van der Waals surface area contributed by atoms with E-state index >= 15 is 0 Å². The minimum absolute atomic E-state index is 0.639. The Hall–Kier alpha value is -1.25. The highest BCUT2D eigenvalue weighted by Crippen LogP contribution is 2.20. The van der Waals surface area contributed by atoms with Gasteiger partial charge in [0.15, 0.2) is 0 Å². The third-order valence-corrected chi connectivity index (χ3v) is 2.94. The molecule has 0 aliphatic carbocycles. The molecule has 0 aliphatic rings. The number of rotatable bonds is 4. The largest absolute Gasteiger partial charge is 0.305 e. The zero-order valence-corrected chi connectivity index (χ0v) is 10.0. The number of hydrogen-bond acceptors (Lipinski definition) is 2. The van der Waals surface area contributed by atoms with Crippen LogP contribution in [0.5, 0.6) is 0 Å². The second kappa shape index (κ2) is 5.73. The molecule has 0 atom stereocenters. The van der Waals surface area contributed by atoms with E-state index in [1.54, 1.807) is 0 Å². The molecule has 0 saturated heterocycles. The van der Waals surface area contributed by atoms with Crippen molar-refractivity contribution in [1.82, 2.24) is 0 Å². The standard InChI is InChI=1S/C14H14OS/c1-12-7-9-13(10-8-12)11-15-16-14-5-3-2-4-6-14/h2-10H,11H2,1H3. The van der Waals surface area contributed by atoms with Gasteiger partial charge < -0.3 is 4.18 Å². The van der Waals surface area contributed by atoms with Crippen LogP contribution in [0, 0.1) is 6.92 Å². The maximum absolute atomic E-state index is 5.56. The molecule has 0 radical (unpaired) electrons. The first-order chi connectivity index (χ1) is 7.84. The smallest absolute Gasteiger partial charge is 0.0869 e. The molecule has 0 fully saturated rings. The van der Waals surface area contributed by atoms with Gasteiger partial charge in [-0.1, -0.05) is 48.0 Å². The van der Waals surface area contributed by atoms with Crippen molar-refractivity contribution >= 4 is 12.0 Å². The van der Waals surface area contributed by atoms with E-state index in [1.807, 2.05) is 30.3 Å². The molecule has 16 heavy (non-hydrogen) atoms. The normalized spacial score (nSPS) is 10.3. The summed E-state index contributed by atoms with van der Waals surface area (Å²) in [4.78, 5) is 1.13. The summed E-state index contributed by atoms with van der Waals surface area (Å²) >= 11 is 1.42. The molecule has 2 heteroatoms. The molecule has 0 aliphatic heterocycles. The Balaban J connectivity index is 1.82. The van der Waals surface area contributed by atoms with E-state index in [-0.39, 0.29) is 0 Å². The topological polar surface area (TPSA) is 9.23 Å². The van der Waals surface area contributed by atoms with Crippen molar-refractivity contribution < 1.29 is 4.18 Å². The Morgan fingerprint density at radius 3 is 2.31 bits per heavy atom. The molecule has 0 unspecified atom stereocenters. The molecular weight excluding hydrogens is 216 g/mol. The van der Waals surface area contributed by atoms with Crippen molar-refractivity contribution in [2.75, 3.05) is 0 Å². The molecule has 2 aromatic carbocycles. The molecule has 0 N–H and O–H groups in total. The molecule has 0 saturated carbocycles. The van der Waals surface area contributed by atoms with Crippen LogP contribution in [0.25, 0.3) is 0 Å². The van der Waals surface area contributed by atoms with Gasteiger partial charge in [-0.15, -0.1) is 0 Å². The Morgan fingerprint density at radius 2 is 1.62 bits per heavy atom. The van der Waals surface area contributed by atoms with Crippen molar-refractivity contribution in [3.63, 3.8) is 0 Å². The van der Waals surface area contributed by atoms with Gasteiger partial charge in [-0.05, 0) is 24.6 Å². The predicted octanol–water partition coefficient (Wildman–Crippen LogP) is 4.22. The summed E-state index contributed by atoms with van der Waals surface area (Å²) in [6, 6.07) is 18.5. The molecule has 2 aromatic rings. The van der Waals surface area contributed by atoms with Crippen LogP contribution in [0.4, 0.5) is 0 Å². The fraction of sp³-hybridized carbons (Fsp3) is 0.143. The molecule has 0 bridgehead atoms. The lowest BCUT2D eigenvalue weighted by atomic mass is 10.2. The van der Waals surface area contributed by atoms with Gasteiger partial charge in [0.2, 0.25) is 0 Å². The van der Waals surface area contributed by atoms with Crippen molar-refractivity contribution in [3.8, 4) is 0 Å². The number of hydrogen-bond donors (Lipinski definition) is 0. The van der Waals surface area contributed by atoms with E-state index in [2.05, 4.69) is 31.2 Å². The second-order valence-electron chi connectivity index (χ2n) is 3.64. The van der Waals surface area contributed by atoms with Crippen molar-refractivity contribution in [2.45, 2.75) is 18.4 Å². The van der Waals surface area contributed by atoms with Crippen LogP contribution >= 0.6 is 12.0 Å². The van der Waals surface area contributed by atoms with Gasteiger partial charge in [-0.3, -0.25) is 0 Å². The molecular formula is C14H14OS. The molecule has 0 heterocycles. The Kier molecular flexibility index (Phi) is 4.03. The van der Waals surface area contributed by atoms with Gasteiger partial charge >= 0.3 is 0 Å². The maximum atomic E-state index is 5.56. The lowest BCUT2D eigenvalue weighted by molar-refractivity contribution is 0.364. The second-order valence-corrected chi connectivity index (χ2v) is 4.52. The first-order valence-electron chi connectivity index (χ1n) is 5.25. The predicted molar refractivity (Wildman–Crippen MR) is 68.3 cm³/mol. The highest BCUT2D eigenvalue weighted by molar-refractivity contribution is 7.94. The van der Waals surface area contributed by atoms with Crippen LogP contribution in [0.15, 0.2) is 59.5 Å². The van der Waals surface area contributed by atoms with Crippen LogP contribution in [0.3, 0.4) is 0 Å². The van der Waals surface area contributed by atoms with Crippen molar-refractivity contribution in [1.29, 1.82) is 0 Å². The Bertz CT molecular complexity index is 422. The molecule has 0 spiro atoms. The average Bonchev–Trinajstić information content (AvgIpc) is 2.33. The third-order valence-electron chi connectivity index (χ3n) is 2.24. The van der Waals surface area contributed by atoms with Gasteiger partial charge in [0.05, 0.1) is 6.61 Å². The highest BCUT2D eigenvalue weighted by Gasteiger charge is 1.95. The van der Waals surface area contributed by atoms with Gasteiger partial charge in [-0.2, -0.15) is 0 Å². The van der Waals surface area contributed by atoms with E-state index < -0.39 is 0 Å². The van der Waals surface area contributed by atoms with Crippen LogP contribution in [0.1, 0.15) is 11.1 Å². The summed E-state index contributed by atoms with van der Waals surface area (Å²) in [5, 5.41) is 0. The number of benzene rings is 2. The lowest BCUT2D eigenvalue weighted by Crippen LogP contribution is -1.85. The maximum Gasteiger partial charge on any atom is 0.0869 e. The summed E-state index contributed by atoms with van der Waals surface area (Å²) in [6.07, 6.45) is 0. The fourth-order valence-electron chi connectivity index (χ4n) is 1.33. The first-order valence-corrected chi connectivity index (χ1v) is 5.99. The minimum Gasteiger partial charge on any atom is -0.305 e. The van der Waals surface area contributed by atoms with E-state index in [1.165, 1.54) is 23.2 Å². The summed E-state index contributed by atoms with van der Waals surface area (Å²) in [7, 11) is 0. The zero-order valence-electron chi connectivity index (χ0n) is 9.22. The monoisotopic (exact) mass is 230 g/mol. The van der Waals surface area contributed by atoms with Crippen LogP contribution in [-0.2, 0) is 10.8 Å². The molecule has 2 rings (SSSR count). The average molecular weight is 230 g/mol. The highest BCUT2D eigenvalue weighted by atomic mass is 32.2. The first kappa shape index (κ1) is 11.2. The lowest BCUT2D eigenvalue weighted by Gasteiger charge is -2.03. The third kappa shape index (κ3) is 3.40. The van der Waals surface area contributed by atoms with E-state index in [0.717, 1.165) is 4.90 Å². The van der Waals surface area contributed by atoms with E-state index in [4.69, 9.17) is 4.18 Å². The Labute approximate surface area is 101 Å². The van der Waals surface area contributed by atoms with Gasteiger partial charge in [0.1, 0.15) is 0 Å². The quantitative estimate of drug-likeness (QED) is 0.727. The van der Waals surface area contributed by atoms with Gasteiger partial charge in [-0.25, -0.2) is 0 Å². The van der Waals surface area contributed by atoms with Crippen molar-refractivity contribution in [3.05, 3.63) is 65.7 Å². The van der Waals surface area contributed by atoms with Crippen LogP contribution in [-0.4, -0.2) is 0 Å². The van der Waals surface area contributed by atoms with E-state index in [0.29, 0.717) is 6.61 Å². The van der Waals surface area contributed by atoms with Crippen LogP contribution < -0.4 is 0 Å². The van der Waals surface area contributed by atoms with Crippen LogP contribution in [0.2, 0.25) is 0 Å². The van der Waals surface area contributed by atoms with Gasteiger partial charge in [0, 0.05) is 16.9 Å². The molecule has 1 nitrogen and oxygen atoms in total.